The van der Waals surface area contributed by atoms with Gasteiger partial charge >= 0.3 is 0 Å². The predicted molar refractivity (Wildman–Crippen MR) is 57.4 cm³/mol. The largest absolute Gasteiger partial charge is 0.279 e. The van der Waals surface area contributed by atoms with Crippen LogP contribution in [0.25, 0.3) is 0 Å². The number of allylic oxidation sites excluding steroid dienone is 5. The highest BCUT2D eigenvalue weighted by atomic mass is 15.3. The Labute approximate surface area is 79.0 Å². The molecule has 1 aliphatic heterocycles. The number of hydrogen-bond acceptors (Lipinski definition) is 2. The van der Waals surface area contributed by atoms with Gasteiger partial charge in [0.1, 0.15) is 0 Å². The van der Waals surface area contributed by atoms with E-state index in [4.69, 9.17) is 0 Å². The van der Waals surface area contributed by atoms with Crippen LogP contribution in [0.4, 0.5) is 0 Å². The van der Waals surface area contributed by atoms with Crippen molar-refractivity contribution >= 4 is 6.21 Å². The minimum absolute atomic E-state index is 0.883. The van der Waals surface area contributed by atoms with Crippen LogP contribution in [0.3, 0.4) is 0 Å². The van der Waals surface area contributed by atoms with Crippen LogP contribution in [0, 0.1) is 0 Å². The van der Waals surface area contributed by atoms with Gasteiger partial charge in [0, 0.05) is 12.6 Å². The van der Waals surface area contributed by atoms with Crippen molar-refractivity contribution in [3.05, 3.63) is 48.2 Å². The summed E-state index contributed by atoms with van der Waals surface area (Å²) >= 11 is 0. The van der Waals surface area contributed by atoms with Crippen molar-refractivity contribution in [3.63, 3.8) is 0 Å². The molecule has 1 heterocycles. The van der Waals surface area contributed by atoms with Gasteiger partial charge in [0.2, 0.25) is 0 Å². The summed E-state index contributed by atoms with van der Waals surface area (Å²) in [5.74, 6) is 0. The monoisotopic (exact) mass is 174 g/mol. The van der Waals surface area contributed by atoms with Crippen LogP contribution in [0.5, 0.6) is 0 Å². The van der Waals surface area contributed by atoms with E-state index in [2.05, 4.69) is 23.2 Å². The molecule has 0 saturated heterocycles. The van der Waals surface area contributed by atoms with Gasteiger partial charge in [-0.05, 0) is 12.5 Å². The van der Waals surface area contributed by atoms with Crippen molar-refractivity contribution in [2.24, 2.45) is 5.10 Å². The molecule has 1 rings (SSSR count). The lowest BCUT2D eigenvalue weighted by molar-refractivity contribution is 0.884. The Morgan fingerprint density at radius 1 is 1.69 bits per heavy atom. The molecule has 1 N–H and O–H groups in total. The molecule has 0 bridgehead atoms. The molecule has 0 unspecified atom stereocenters. The summed E-state index contributed by atoms with van der Waals surface area (Å²) in [7, 11) is 0. The van der Waals surface area contributed by atoms with Crippen LogP contribution < -0.4 is 5.43 Å². The smallest absolute Gasteiger partial charge is 0.0597 e. The van der Waals surface area contributed by atoms with Gasteiger partial charge in [-0.2, -0.15) is 5.10 Å². The molecule has 0 spiro atoms. The highest BCUT2D eigenvalue weighted by molar-refractivity contribution is 5.62. The van der Waals surface area contributed by atoms with Crippen LogP contribution in [0.1, 0.15) is 13.3 Å². The molecule has 0 radical (unpaired) electrons. The van der Waals surface area contributed by atoms with E-state index in [1.54, 1.807) is 6.08 Å². The second kappa shape index (κ2) is 5.14. The van der Waals surface area contributed by atoms with Crippen molar-refractivity contribution in [1.29, 1.82) is 0 Å². The van der Waals surface area contributed by atoms with E-state index in [9.17, 15) is 0 Å². The summed E-state index contributed by atoms with van der Waals surface area (Å²) < 4.78 is 0. The van der Waals surface area contributed by atoms with E-state index in [-0.39, 0.29) is 0 Å². The Bertz CT molecular complexity index is 293. The van der Waals surface area contributed by atoms with E-state index in [0.717, 1.165) is 17.7 Å². The van der Waals surface area contributed by atoms with E-state index in [1.165, 1.54) is 0 Å². The Kier molecular flexibility index (Phi) is 3.76. The van der Waals surface area contributed by atoms with Crippen molar-refractivity contribution in [1.82, 2.24) is 5.43 Å². The summed E-state index contributed by atoms with van der Waals surface area (Å²) in [6.07, 6.45) is 12.6. The second-order valence-corrected chi connectivity index (χ2v) is 2.63. The molecule has 0 saturated carbocycles. The standard InChI is InChI=1S/C11H14N2/c1-3-6-10(7-4-2)11-8-5-9-12-13-11/h3-4,6-9,13H,1,5H2,2H3/b7-4-,10-6+. The highest BCUT2D eigenvalue weighted by Crippen LogP contribution is 2.11. The zero-order valence-electron chi connectivity index (χ0n) is 7.83. The maximum atomic E-state index is 3.99. The SMILES string of the molecule is C=C/C=C(\C=C/C)C1=CCC=NN1. The van der Waals surface area contributed by atoms with Crippen molar-refractivity contribution < 1.29 is 0 Å². The number of hydrogen-bond donors (Lipinski definition) is 1. The first-order valence-corrected chi connectivity index (χ1v) is 4.32. The topological polar surface area (TPSA) is 24.4 Å². The lowest BCUT2D eigenvalue weighted by atomic mass is 10.1. The van der Waals surface area contributed by atoms with Crippen LogP contribution in [0.15, 0.2) is 53.3 Å². The molecule has 0 fully saturated rings. The zero-order valence-corrected chi connectivity index (χ0v) is 7.83. The second-order valence-electron chi connectivity index (χ2n) is 2.63. The Balaban J connectivity index is 2.81. The minimum atomic E-state index is 0.883. The summed E-state index contributed by atoms with van der Waals surface area (Å²) in [6.45, 7) is 5.66. The van der Waals surface area contributed by atoms with E-state index >= 15 is 0 Å². The maximum Gasteiger partial charge on any atom is 0.0597 e. The predicted octanol–water partition coefficient (Wildman–Crippen LogP) is 2.54. The average molecular weight is 174 g/mol. The van der Waals surface area contributed by atoms with Crippen molar-refractivity contribution in [2.75, 3.05) is 0 Å². The molecule has 0 aliphatic carbocycles. The van der Waals surface area contributed by atoms with Crippen LogP contribution in [-0.4, -0.2) is 6.21 Å². The number of nitrogens with one attached hydrogen (secondary N) is 1. The maximum absolute atomic E-state index is 3.99. The van der Waals surface area contributed by atoms with Crippen LogP contribution >= 0.6 is 0 Å². The lowest BCUT2D eigenvalue weighted by Crippen LogP contribution is -2.10. The first-order valence-electron chi connectivity index (χ1n) is 4.32. The zero-order chi connectivity index (χ0) is 9.52. The van der Waals surface area contributed by atoms with Gasteiger partial charge in [-0.3, -0.25) is 5.43 Å². The third kappa shape index (κ3) is 2.75. The molecule has 0 aromatic heterocycles. The fourth-order valence-corrected chi connectivity index (χ4v) is 1.11. The quantitative estimate of drug-likeness (QED) is 0.653. The highest BCUT2D eigenvalue weighted by Gasteiger charge is 2.01. The van der Waals surface area contributed by atoms with Crippen molar-refractivity contribution in [3.8, 4) is 0 Å². The molecule has 1 aliphatic rings. The normalized spacial score (nSPS) is 17.0. The van der Waals surface area contributed by atoms with Crippen LogP contribution in [0.2, 0.25) is 0 Å². The summed E-state index contributed by atoms with van der Waals surface area (Å²) in [4.78, 5) is 0. The van der Waals surface area contributed by atoms with E-state index < -0.39 is 0 Å². The fraction of sp³-hybridized carbons (Fsp3) is 0.182. The molecular formula is C11H14N2. The number of nitrogens with zero attached hydrogens (tertiary/aromatic N) is 1. The van der Waals surface area contributed by atoms with Gasteiger partial charge in [0.15, 0.2) is 0 Å². The molecule has 13 heavy (non-hydrogen) atoms. The van der Waals surface area contributed by atoms with E-state index in [0.29, 0.717) is 0 Å². The number of hydrazone groups is 1. The Morgan fingerprint density at radius 2 is 2.54 bits per heavy atom. The van der Waals surface area contributed by atoms with Gasteiger partial charge in [-0.25, -0.2) is 0 Å². The average Bonchev–Trinajstić information content (AvgIpc) is 2.19. The summed E-state index contributed by atoms with van der Waals surface area (Å²) in [5, 5.41) is 3.99. The third-order valence-electron chi connectivity index (χ3n) is 1.66. The Morgan fingerprint density at radius 3 is 3.08 bits per heavy atom. The summed E-state index contributed by atoms with van der Waals surface area (Å²) in [5.41, 5.74) is 5.10. The van der Waals surface area contributed by atoms with Gasteiger partial charge in [0.25, 0.3) is 0 Å². The molecule has 68 valence electrons. The van der Waals surface area contributed by atoms with Gasteiger partial charge in [0.05, 0.1) is 5.70 Å². The lowest BCUT2D eigenvalue weighted by Gasteiger charge is -2.10. The molecule has 0 amide bonds. The van der Waals surface area contributed by atoms with Crippen molar-refractivity contribution in [2.45, 2.75) is 13.3 Å². The molecule has 0 atom stereocenters. The molecule has 2 heteroatoms. The van der Waals surface area contributed by atoms with Gasteiger partial charge < -0.3 is 0 Å². The minimum Gasteiger partial charge on any atom is -0.279 e. The molecule has 0 aromatic carbocycles. The van der Waals surface area contributed by atoms with Crippen LogP contribution in [-0.2, 0) is 0 Å². The molecular weight excluding hydrogens is 160 g/mol. The van der Waals surface area contributed by atoms with Gasteiger partial charge in [-0.1, -0.05) is 37.0 Å². The number of rotatable bonds is 3. The third-order valence-corrected chi connectivity index (χ3v) is 1.66. The molecule has 2 nitrogen and oxygen atoms in total. The summed E-state index contributed by atoms with van der Waals surface area (Å²) in [6, 6.07) is 0. The van der Waals surface area contributed by atoms with Gasteiger partial charge in [-0.15, -0.1) is 0 Å². The first-order chi connectivity index (χ1) is 6.38. The first kappa shape index (κ1) is 9.52. The molecule has 0 aromatic rings. The fourth-order valence-electron chi connectivity index (χ4n) is 1.11. The van der Waals surface area contributed by atoms with E-state index in [1.807, 2.05) is 31.4 Å². The Hall–Kier alpha value is -1.57.